The van der Waals surface area contributed by atoms with Gasteiger partial charge in [0, 0.05) is 12.5 Å². The van der Waals surface area contributed by atoms with E-state index in [0.717, 1.165) is 18.6 Å². The van der Waals surface area contributed by atoms with Gasteiger partial charge in [0.1, 0.15) is 0 Å². The van der Waals surface area contributed by atoms with Crippen molar-refractivity contribution in [3.63, 3.8) is 0 Å². The van der Waals surface area contributed by atoms with Crippen LogP contribution in [0.5, 0.6) is 0 Å². The maximum atomic E-state index is 11.6. The molecule has 0 aliphatic rings. The number of nitrogens with two attached hydrogens (primary N) is 1. The SMILES string of the molecule is CCC(CN)CC(=O)NC(C)CCSC. The molecule has 15 heavy (non-hydrogen) atoms. The Balaban J connectivity index is 3.71. The number of thioether (sulfide) groups is 1. The fourth-order valence-electron chi connectivity index (χ4n) is 1.36. The van der Waals surface area contributed by atoms with Crippen molar-refractivity contribution in [2.24, 2.45) is 11.7 Å². The molecule has 3 nitrogen and oxygen atoms in total. The third-order valence-electron chi connectivity index (χ3n) is 2.55. The second-order valence-electron chi connectivity index (χ2n) is 3.96. The molecule has 0 radical (unpaired) electrons. The summed E-state index contributed by atoms with van der Waals surface area (Å²) in [5, 5.41) is 3.01. The van der Waals surface area contributed by atoms with E-state index < -0.39 is 0 Å². The summed E-state index contributed by atoms with van der Waals surface area (Å²) in [6.07, 6.45) is 4.65. The van der Waals surface area contributed by atoms with Gasteiger partial charge in [-0.05, 0) is 37.8 Å². The number of carbonyl (C=O) groups excluding carboxylic acids is 1. The van der Waals surface area contributed by atoms with E-state index in [1.807, 2.05) is 11.8 Å². The molecule has 0 spiro atoms. The summed E-state index contributed by atoms with van der Waals surface area (Å²) >= 11 is 1.81. The fraction of sp³-hybridized carbons (Fsp3) is 0.909. The molecule has 0 bridgehead atoms. The Hall–Kier alpha value is -0.220. The Bertz CT molecular complexity index is 172. The van der Waals surface area contributed by atoms with Crippen LogP contribution in [0.15, 0.2) is 0 Å². The quantitative estimate of drug-likeness (QED) is 0.668. The van der Waals surface area contributed by atoms with Crippen LogP contribution in [0.2, 0.25) is 0 Å². The van der Waals surface area contributed by atoms with Gasteiger partial charge in [0.15, 0.2) is 0 Å². The highest BCUT2D eigenvalue weighted by atomic mass is 32.2. The molecule has 3 N–H and O–H groups in total. The molecule has 0 aromatic heterocycles. The third-order valence-corrected chi connectivity index (χ3v) is 3.19. The number of nitrogens with one attached hydrogen (secondary N) is 1. The molecule has 4 heteroatoms. The van der Waals surface area contributed by atoms with Crippen molar-refractivity contribution >= 4 is 17.7 Å². The molecule has 0 fully saturated rings. The van der Waals surface area contributed by atoms with Crippen LogP contribution in [0, 0.1) is 5.92 Å². The summed E-state index contributed by atoms with van der Waals surface area (Å²) in [5.41, 5.74) is 5.56. The van der Waals surface area contributed by atoms with E-state index >= 15 is 0 Å². The van der Waals surface area contributed by atoms with Gasteiger partial charge in [-0.2, -0.15) is 11.8 Å². The van der Waals surface area contributed by atoms with E-state index in [0.29, 0.717) is 18.9 Å². The number of carbonyl (C=O) groups is 1. The zero-order chi connectivity index (χ0) is 11.7. The number of hydrogen-bond donors (Lipinski definition) is 2. The molecule has 0 saturated heterocycles. The molecule has 0 heterocycles. The van der Waals surface area contributed by atoms with E-state index in [-0.39, 0.29) is 11.9 Å². The summed E-state index contributed by atoms with van der Waals surface area (Å²) in [6.45, 7) is 4.72. The summed E-state index contributed by atoms with van der Waals surface area (Å²) in [5.74, 6) is 1.56. The second-order valence-corrected chi connectivity index (χ2v) is 4.95. The topological polar surface area (TPSA) is 55.1 Å². The van der Waals surface area contributed by atoms with Crippen LogP contribution in [-0.2, 0) is 4.79 Å². The Morgan fingerprint density at radius 1 is 1.53 bits per heavy atom. The molecule has 2 atom stereocenters. The summed E-state index contributed by atoms with van der Waals surface area (Å²) < 4.78 is 0. The third kappa shape index (κ3) is 7.68. The first-order valence-electron chi connectivity index (χ1n) is 5.62. The van der Waals surface area contributed by atoms with Gasteiger partial charge in [-0.25, -0.2) is 0 Å². The Labute approximate surface area is 97.6 Å². The minimum absolute atomic E-state index is 0.140. The van der Waals surface area contributed by atoms with Gasteiger partial charge in [-0.3, -0.25) is 4.79 Å². The second kappa shape index (κ2) is 9.04. The zero-order valence-electron chi connectivity index (χ0n) is 10.1. The van der Waals surface area contributed by atoms with Gasteiger partial charge in [0.05, 0.1) is 0 Å². The lowest BCUT2D eigenvalue weighted by Gasteiger charge is -2.16. The monoisotopic (exact) mass is 232 g/mol. The molecule has 0 aliphatic heterocycles. The predicted octanol–water partition coefficient (Wildman–Crippen LogP) is 1.62. The van der Waals surface area contributed by atoms with Crippen LogP contribution in [0.1, 0.15) is 33.1 Å². The molecule has 0 rings (SSSR count). The van der Waals surface area contributed by atoms with Crippen molar-refractivity contribution in [2.75, 3.05) is 18.6 Å². The first kappa shape index (κ1) is 14.8. The normalized spacial score (nSPS) is 14.7. The Kier molecular flexibility index (Phi) is 8.91. The lowest BCUT2D eigenvalue weighted by molar-refractivity contribution is -0.122. The molecule has 0 saturated carbocycles. The van der Waals surface area contributed by atoms with Crippen LogP contribution in [0.25, 0.3) is 0 Å². The van der Waals surface area contributed by atoms with Crippen molar-refractivity contribution < 1.29 is 4.79 Å². The molecular weight excluding hydrogens is 208 g/mol. The first-order valence-corrected chi connectivity index (χ1v) is 7.01. The molecule has 2 unspecified atom stereocenters. The minimum Gasteiger partial charge on any atom is -0.354 e. The molecule has 0 aliphatic carbocycles. The van der Waals surface area contributed by atoms with Crippen LogP contribution >= 0.6 is 11.8 Å². The number of rotatable bonds is 8. The smallest absolute Gasteiger partial charge is 0.220 e. The first-order chi connectivity index (χ1) is 7.13. The van der Waals surface area contributed by atoms with Gasteiger partial charge < -0.3 is 11.1 Å². The summed E-state index contributed by atoms with van der Waals surface area (Å²) in [6, 6.07) is 0.278. The van der Waals surface area contributed by atoms with E-state index in [9.17, 15) is 4.79 Å². The summed E-state index contributed by atoms with van der Waals surface area (Å²) in [7, 11) is 0. The van der Waals surface area contributed by atoms with Crippen molar-refractivity contribution in [2.45, 2.75) is 39.2 Å². The van der Waals surface area contributed by atoms with Crippen LogP contribution in [0.4, 0.5) is 0 Å². The molecule has 90 valence electrons. The van der Waals surface area contributed by atoms with Gasteiger partial charge in [0.2, 0.25) is 5.91 Å². The number of amides is 1. The lowest BCUT2D eigenvalue weighted by atomic mass is 10.0. The van der Waals surface area contributed by atoms with Gasteiger partial charge in [-0.1, -0.05) is 13.3 Å². The highest BCUT2D eigenvalue weighted by molar-refractivity contribution is 7.98. The predicted molar refractivity (Wildman–Crippen MR) is 68.1 cm³/mol. The average Bonchev–Trinajstić information content (AvgIpc) is 2.22. The lowest BCUT2D eigenvalue weighted by Crippen LogP contribution is -2.35. The van der Waals surface area contributed by atoms with Crippen molar-refractivity contribution in [3.8, 4) is 0 Å². The molecule has 0 aromatic carbocycles. The van der Waals surface area contributed by atoms with Crippen LogP contribution < -0.4 is 11.1 Å². The highest BCUT2D eigenvalue weighted by Gasteiger charge is 2.12. The minimum atomic E-state index is 0.140. The average molecular weight is 232 g/mol. The van der Waals surface area contributed by atoms with E-state index in [4.69, 9.17) is 5.73 Å². The maximum absolute atomic E-state index is 11.6. The molecular formula is C11H24N2OS. The molecule has 0 aromatic rings. The summed E-state index contributed by atoms with van der Waals surface area (Å²) in [4.78, 5) is 11.6. The van der Waals surface area contributed by atoms with Gasteiger partial charge in [0.25, 0.3) is 0 Å². The zero-order valence-corrected chi connectivity index (χ0v) is 10.9. The van der Waals surface area contributed by atoms with E-state index in [1.54, 1.807) is 0 Å². The molecule has 1 amide bonds. The van der Waals surface area contributed by atoms with Crippen LogP contribution in [0.3, 0.4) is 0 Å². The number of hydrogen-bond acceptors (Lipinski definition) is 3. The van der Waals surface area contributed by atoms with Crippen molar-refractivity contribution in [1.82, 2.24) is 5.32 Å². The largest absolute Gasteiger partial charge is 0.354 e. The fourth-order valence-corrected chi connectivity index (χ4v) is 1.95. The maximum Gasteiger partial charge on any atom is 0.220 e. The highest BCUT2D eigenvalue weighted by Crippen LogP contribution is 2.06. The van der Waals surface area contributed by atoms with Crippen molar-refractivity contribution in [3.05, 3.63) is 0 Å². The van der Waals surface area contributed by atoms with Crippen LogP contribution in [-0.4, -0.2) is 30.5 Å². The standard InChI is InChI=1S/C11H24N2OS/c1-4-10(8-12)7-11(14)13-9(2)5-6-15-3/h9-10H,4-8,12H2,1-3H3,(H,13,14). The van der Waals surface area contributed by atoms with Gasteiger partial charge in [-0.15, -0.1) is 0 Å². The van der Waals surface area contributed by atoms with E-state index in [1.165, 1.54) is 0 Å². The van der Waals surface area contributed by atoms with Gasteiger partial charge >= 0.3 is 0 Å². The van der Waals surface area contributed by atoms with E-state index in [2.05, 4.69) is 25.4 Å². The Morgan fingerprint density at radius 2 is 2.20 bits per heavy atom. The Morgan fingerprint density at radius 3 is 2.67 bits per heavy atom. The van der Waals surface area contributed by atoms with Crippen molar-refractivity contribution in [1.29, 1.82) is 0 Å².